The van der Waals surface area contributed by atoms with Crippen molar-refractivity contribution in [2.24, 2.45) is 0 Å². The molecule has 1 saturated heterocycles. The zero-order chi connectivity index (χ0) is 12.8. The Hall–Kier alpha value is -0.450. The number of likely N-dealkylation sites (N-methyl/N-ethyl adjacent to an activating group) is 1. The summed E-state index contributed by atoms with van der Waals surface area (Å²) in [6, 6.07) is 0.741. The molecule has 0 amide bonds. The number of rotatable bonds is 4. The molecule has 3 nitrogen and oxygen atoms in total. The van der Waals surface area contributed by atoms with E-state index in [-0.39, 0.29) is 5.54 Å². The zero-order valence-electron chi connectivity index (χ0n) is 11.6. The summed E-state index contributed by atoms with van der Waals surface area (Å²) in [5.74, 6) is 0. The molecule has 1 saturated carbocycles. The molecule has 1 aromatic heterocycles. The Morgan fingerprint density at radius 3 is 2.78 bits per heavy atom. The van der Waals surface area contributed by atoms with Gasteiger partial charge in [0.05, 0.1) is 11.2 Å². The molecule has 2 aliphatic rings. The van der Waals surface area contributed by atoms with Crippen LogP contribution in [0.15, 0.2) is 0 Å². The van der Waals surface area contributed by atoms with E-state index in [4.69, 9.17) is 4.98 Å². The number of likely N-dealkylation sites (tertiary alicyclic amines) is 1. The van der Waals surface area contributed by atoms with Gasteiger partial charge in [-0.25, -0.2) is 4.98 Å². The van der Waals surface area contributed by atoms with Crippen LogP contribution in [-0.2, 0) is 12.0 Å². The van der Waals surface area contributed by atoms with Gasteiger partial charge in [0.25, 0.3) is 0 Å². The van der Waals surface area contributed by atoms with Gasteiger partial charge in [-0.05, 0) is 39.7 Å². The summed E-state index contributed by atoms with van der Waals surface area (Å²) in [5.41, 5.74) is 1.43. The summed E-state index contributed by atoms with van der Waals surface area (Å²) in [6.07, 6.45) is 4.95. The molecule has 1 N–H and O–H groups in total. The Labute approximate surface area is 114 Å². The molecule has 3 rings (SSSR count). The average molecular weight is 265 g/mol. The predicted octanol–water partition coefficient (Wildman–Crippen LogP) is 2.30. The first-order chi connectivity index (χ1) is 8.63. The lowest BCUT2D eigenvalue weighted by Crippen LogP contribution is -2.45. The molecule has 1 aliphatic carbocycles. The normalized spacial score (nSPS) is 29.1. The second-order valence-electron chi connectivity index (χ2n) is 5.86. The van der Waals surface area contributed by atoms with E-state index < -0.39 is 0 Å². The van der Waals surface area contributed by atoms with Crippen molar-refractivity contribution in [3.63, 3.8) is 0 Å². The van der Waals surface area contributed by atoms with Gasteiger partial charge < -0.3 is 10.2 Å². The highest BCUT2D eigenvalue weighted by Gasteiger charge is 2.44. The van der Waals surface area contributed by atoms with Gasteiger partial charge in [0.2, 0.25) is 0 Å². The van der Waals surface area contributed by atoms with Crippen molar-refractivity contribution >= 4 is 11.3 Å². The predicted molar refractivity (Wildman–Crippen MR) is 76.2 cm³/mol. The lowest BCUT2D eigenvalue weighted by Gasteiger charge is -2.28. The average Bonchev–Trinajstić information content (AvgIpc) is 2.94. The second kappa shape index (κ2) is 4.58. The fraction of sp³-hybridized carbons (Fsp3) is 0.786. The van der Waals surface area contributed by atoms with Crippen molar-refractivity contribution < 1.29 is 0 Å². The van der Waals surface area contributed by atoms with Gasteiger partial charge in [-0.15, -0.1) is 11.3 Å². The lowest BCUT2D eigenvalue weighted by molar-refractivity contribution is 0.312. The first-order valence-corrected chi connectivity index (χ1v) is 7.87. The van der Waals surface area contributed by atoms with Crippen LogP contribution in [0, 0.1) is 6.92 Å². The maximum atomic E-state index is 4.93. The molecule has 4 heteroatoms. The molecular formula is C14H23N3S. The first kappa shape index (κ1) is 12.6. The van der Waals surface area contributed by atoms with Gasteiger partial charge in [0, 0.05) is 24.0 Å². The number of thiazole rings is 1. The Morgan fingerprint density at radius 2 is 2.28 bits per heavy atom. The molecule has 2 heterocycles. The maximum absolute atomic E-state index is 4.93. The van der Waals surface area contributed by atoms with Crippen molar-refractivity contribution in [3.05, 3.63) is 15.6 Å². The number of aryl methyl sites for hydroxylation is 2. The molecule has 1 aliphatic heterocycles. The highest BCUT2D eigenvalue weighted by atomic mass is 32.1. The molecule has 2 fully saturated rings. The number of hydrogen-bond donors (Lipinski definition) is 1. The van der Waals surface area contributed by atoms with Crippen LogP contribution >= 0.6 is 11.3 Å². The molecule has 1 unspecified atom stereocenters. The van der Waals surface area contributed by atoms with Gasteiger partial charge in [0.1, 0.15) is 5.01 Å². The minimum absolute atomic E-state index is 0.138. The smallest absolute Gasteiger partial charge is 0.115 e. The number of nitrogens with one attached hydrogen (secondary N) is 1. The molecular weight excluding hydrogens is 242 g/mol. The Balaban J connectivity index is 1.91. The fourth-order valence-corrected chi connectivity index (χ4v) is 4.11. The van der Waals surface area contributed by atoms with Crippen LogP contribution < -0.4 is 5.32 Å². The fourth-order valence-electron chi connectivity index (χ4n) is 2.93. The van der Waals surface area contributed by atoms with E-state index in [1.165, 1.54) is 41.4 Å². The SMILES string of the molecule is CCc1nc(C2(NC3CC3)CCN(C)C2)sc1C. The van der Waals surface area contributed by atoms with Gasteiger partial charge in [-0.1, -0.05) is 6.92 Å². The molecule has 0 radical (unpaired) electrons. The highest BCUT2D eigenvalue weighted by Crippen LogP contribution is 2.38. The van der Waals surface area contributed by atoms with E-state index in [9.17, 15) is 0 Å². The number of nitrogens with zero attached hydrogens (tertiary/aromatic N) is 2. The van der Waals surface area contributed by atoms with Gasteiger partial charge in [-0.3, -0.25) is 0 Å². The first-order valence-electron chi connectivity index (χ1n) is 7.06. The van der Waals surface area contributed by atoms with Gasteiger partial charge >= 0.3 is 0 Å². The van der Waals surface area contributed by atoms with Crippen molar-refractivity contribution in [1.82, 2.24) is 15.2 Å². The quantitative estimate of drug-likeness (QED) is 0.905. The molecule has 0 spiro atoms. The minimum atomic E-state index is 0.138. The Kier molecular flexibility index (Phi) is 3.20. The summed E-state index contributed by atoms with van der Waals surface area (Å²) < 4.78 is 0. The molecule has 0 bridgehead atoms. The van der Waals surface area contributed by atoms with Crippen LogP contribution in [0.25, 0.3) is 0 Å². The third-order valence-electron chi connectivity index (χ3n) is 4.15. The van der Waals surface area contributed by atoms with Crippen LogP contribution in [0.5, 0.6) is 0 Å². The largest absolute Gasteiger partial charge is 0.304 e. The summed E-state index contributed by atoms with van der Waals surface area (Å²) in [6.45, 7) is 6.70. The lowest BCUT2D eigenvalue weighted by atomic mass is 9.99. The number of aromatic nitrogens is 1. The second-order valence-corrected chi connectivity index (χ2v) is 7.07. The van der Waals surface area contributed by atoms with Crippen molar-refractivity contribution in [3.8, 4) is 0 Å². The van der Waals surface area contributed by atoms with Crippen LogP contribution in [0.1, 0.15) is 41.8 Å². The summed E-state index contributed by atoms with van der Waals surface area (Å²) in [4.78, 5) is 8.76. The topological polar surface area (TPSA) is 28.2 Å². The van der Waals surface area contributed by atoms with Crippen LogP contribution in [0.2, 0.25) is 0 Å². The molecule has 18 heavy (non-hydrogen) atoms. The van der Waals surface area contributed by atoms with Crippen molar-refractivity contribution in [1.29, 1.82) is 0 Å². The Morgan fingerprint density at radius 1 is 1.50 bits per heavy atom. The van der Waals surface area contributed by atoms with Crippen LogP contribution in [0.4, 0.5) is 0 Å². The summed E-state index contributed by atoms with van der Waals surface area (Å²) in [7, 11) is 2.22. The summed E-state index contributed by atoms with van der Waals surface area (Å²) >= 11 is 1.91. The van der Waals surface area contributed by atoms with Crippen LogP contribution in [-0.4, -0.2) is 36.1 Å². The standard InChI is InChI=1S/C14H23N3S/c1-4-12-10(2)18-13(15-12)14(16-11-5-6-11)7-8-17(3)9-14/h11,16H,4-9H2,1-3H3. The summed E-state index contributed by atoms with van der Waals surface area (Å²) in [5, 5.41) is 5.21. The van der Waals surface area contributed by atoms with E-state index in [1.807, 2.05) is 11.3 Å². The van der Waals surface area contributed by atoms with E-state index in [1.54, 1.807) is 0 Å². The highest BCUT2D eigenvalue weighted by molar-refractivity contribution is 7.11. The monoisotopic (exact) mass is 265 g/mol. The van der Waals surface area contributed by atoms with E-state index in [0.717, 1.165) is 19.0 Å². The van der Waals surface area contributed by atoms with Crippen molar-refractivity contribution in [2.75, 3.05) is 20.1 Å². The maximum Gasteiger partial charge on any atom is 0.115 e. The third kappa shape index (κ3) is 2.22. The Bertz CT molecular complexity index is 438. The molecule has 1 aromatic rings. The van der Waals surface area contributed by atoms with Crippen molar-refractivity contribution in [2.45, 2.75) is 51.1 Å². The molecule has 1 atom stereocenters. The third-order valence-corrected chi connectivity index (χ3v) is 5.37. The zero-order valence-corrected chi connectivity index (χ0v) is 12.4. The minimum Gasteiger partial charge on any atom is -0.304 e. The van der Waals surface area contributed by atoms with E-state index in [2.05, 4.69) is 31.1 Å². The van der Waals surface area contributed by atoms with E-state index in [0.29, 0.717) is 0 Å². The molecule has 100 valence electrons. The van der Waals surface area contributed by atoms with E-state index >= 15 is 0 Å². The van der Waals surface area contributed by atoms with Gasteiger partial charge in [-0.2, -0.15) is 0 Å². The number of hydrogen-bond acceptors (Lipinski definition) is 4. The van der Waals surface area contributed by atoms with Crippen LogP contribution in [0.3, 0.4) is 0 Å². The molecule has 0 aromatic carbocycles. The van der Waals surface area contributed by atoms with Gasteiger partial charge in [0.15, 0.2) is 0 Å².